The van der Waals surface area contributed by atoms with Crippen molar-refractivity contribution < 1.29 is 14.6 Å². The summed E-state index contributed by atoms with van der Waals surface area (Å²) in [5.41, 5.74) is 0. The van der Waals surface area contributed by atoms with Crippen LogP contribution in [0.1, 0.15) is 19.3 Å². The molecule has 6 heteroatoms. The molecule has 0 unspecified atom stereocenters. The number of aliphatic hydroxyl groups excluding tert-OH is 1. The number of ether oxygens (including phenoxy) is 1. The monoisotopic (exact) mass is 369 g/mol. The summed E-state index contributed by atoms with van der Waals surface area (Å²) >= 11 is 7.69. The molecule has 1 saturated carbocycles. The number of halogens is 1. The third-order valence-corrected chi connectivity index (χ3v) is 5.89. The van der Waals surface area contributed by atoms with Crippen molar-refractivity contribution in [2.45, 2.75) is 31.5 Å². The summed E-state index contributed by atoms with van der Waals surface area (Å²) in [5.74, 6) is 2.60. The van der Waals surface area contributed by atoms with E-state index in [-0.39, 0.29) is 12.0 Å². The summed E-state index contributed by atoms with van der Waals surface area (Å²) in [7, 11) is 0. The van der Waals surface area contributed by atoms with Crippen LogP contribution in [0.4, 0.5) is 0 Å². The van der Waals surface area contributed by atoms with Crippen LogP contribution in [0.5, 0.6) is 5.75 Å². The van der Waals surface area contributed by atoms with Gasteiger partial charge in [0, 0.05) is 30.3 Å². The van der Waals surface area contributed by atoms with Gasteiger partial charge in [-0.3, -0.25) is 4.79 Å². The number of nitrogens with zero attached hydrogens (tertiary/aromatic N) is 1. The fourth-order valence-electron chi connectivity index (χ4n) is 3.78. The molecule has 1 amide bonds. The molecular weight excluding hydrogens is 346 g/mol. The first-order valence-corrected chi connectivity index (χ1v) is 10.2. The molecule has 1 heterocycles. The highest BCUT2D eigenvalue weighted by molar-refractivity contribution is 7.98. The quantitative estimate of drug-likeness (QED) is 0.866. The standard InChI is InChI=1S/C18H24ClNO3S/c1-24-6-5-18(22)20-10-12-7-16(21)17(8-13(12)11-20)23-15-4-2-3-14(19)9-15/h2-4,9,12-13,16-17,21H,5-8,10-11H2,1H3/t12-,13+,16+,17+/m0/s1. The Balaban J connectivity index is 1.59. The maximum absolute atomic E-state index is 12.2. The average molecular weight is 370 g/mol. The van der Waals surface area contributed by atoms with Gasteiger partial charge >= 0.3 is 0 Å². The molecule has 4 nitrogen and oxygen atoms in total. The summed E-state index contributed by atoms with van der Waals surface area (Å²) in [4.78, 5) is 14.2. The summed E-state index contributed by atoms with van der Waals surface area (Å²) in [6.07, 6.45) is 3.38. The molecule has 1 saturated heterocycles. The Kier molecular flexibility index (Phi) is 5.95. The maximum Gasteiger partial charge on any atom is 0.223 e. The molecule has 132 valence electrons. The molecule has 3 rings (SSSR count). The van der Waals surface area contributed by atoms with Gasteiger partial charge in [0.25, 0.3) is 0 Å². The number of likely N-dealkylation sites (tertiary alicyclic amines) is 1. The van der Waals surface area contributed by atoms with E-state index in [1.807, 2.05) is 23.3 Å². The lowest BCUT2D eigenvalue weighted by Crippen LogP contribution is -2.42. The Bertz CT molecular complexity index is 585. The number of thioether (sulfide) groups is 1. The molecule has 2 fully saturated rings. The molecule has 1 aromatic carbocycles. The minimum atomic E-state index is -0.494. The van der Waals surface area contributed by atoms with E-state index in [1.165, 1.54) is 0 Å². The van der Waals surface area contributed by atoms with Crippen LogP contribution in [0.3, 0.4) is 0 Å². The first-order valence-electron chi connectivity index (χ1n) is 8.44. The summed E-state index contributed by atoms with van der Waals surface area (Å²) in [6.45, 7) is 1.57. The van der Waals surface area contributed by atoms with Gasteiger partial charge in [0.05, 0.1) is 6.10 Å². The van der Waals surface area contributed by atoms with E-state index in [1.54, 1.807) is 23.9 Å². The van der Waals surface area contributed by atoms with Gasteiger partial charge in [0.1, 0.15) is 11.9 Å². The Morgan fingerprint density at radius 3 is 2.83 bits per heavy atom. The Morgan fingerprint density at radius 1 is 1.38 bits per heavy atom. The summed E-state index contributed by atoms with van der Waals surface area (Å²) in [5, 5.41) is 11.1. The zero-order valence-electron chi connectivity index (χ0n) is 13.9. The van der Waals surface area contributed by atoms with Gasteiger partial charge in [0.15, 0.2) is 0 Å². The lowest BCUT2D eigenvalue weighted by molar-refractivity contribution is -0.129. The molecule has 0 spiro atoms. The molecule has 1 aliphatic carbocycles. The van der Waals surface area contributed by atoms with E-state index >= 15 is 0 Å². The van der Waals surface area contributed by atoms with Crippen LogP contribution in [0.15, 0.2) is 24.3 Å². The number of carbonyl (C=O) groups is 1. The highest BCUT2D eigenvalue weighted by Crippen LogP contribution is 2.38. The van der Waals surface area contributed by atoms with Crippen LogP contribution in [-0.4, -0.2) is 53.2 Å². The van der Waals surface area contributed by atoms with Crippen LogP contribution < -0.4 is 4.74 Å². The minimum Gasteiger partial charge on any atom is -0.488 e. The first-order chi connectivity index (χ1) is 11.6. The van der Waals surface area contributed by atoms with Crippen molar-refractivity contribution in [2.24, 2.45) is 11.8 Å². The van der Waals surface area contributed by atoms with Crippen molar-refractivity contribution >= 4 is 29.3 Å². The van der Waals surface area contributed by atoms with Crippen LogP contribution in [0.25, 0.3) is 0 Å². The predicted octanol–water partition coefficient (Wildman–Crippen LogP) is 3.07. The van der Waals surface area contributed by atoms with Gasteiger partial charge in [-0.25, -0.2) is 0 Å². The SMILES string of the molecule is CSCCC(=O)N1C[C@H]2C[C@@H](Oc3cccc(Cl)c3)[C@H](O)C[C@H]2C1. The summed E-state index contributed by atoms with van der Waals surface area (Å²) in [6, 6.07) is 7.28. The zero-order valence-corrected chi connectivity index (χ0v) is 15.4. The fourth-order valence-corrected chi connectivity index (χ4v) is 4.34. The molecule has 2 aliphatic rings. The highest BCUT2D eigenvalue weighted by atomic mass is 35.5. The van der Waals surface area contributed by atoms with Crippen molar-refractivity contribution in [3.05, 3.63) is 29.3 Å². The predicted molar refractivity (Wildman–Crippen MR) is 97.7 cm³/mol. The van der Waals surface area contributed by atoms with E-state index in [4.69, 9.17) is 16.3 Å². The van der Waals surface area contributed by atoms with Gasteiger partial charge in [0.2, 0.25) is 5.91 Å². The Hall–Kier alpha value is -0.910. The number of fused-ring (bicyclic) bond motifs is 1. The number of amides is 1. The molecule has 0 bridgehead atoms. The normalized spacial score (nSPS) is 29.4. The number of aliphatic hydroxyl groups is 1. The van der Waals surface area contributed by atoms with Crippen molar-refractivity contribution in [3.63, 3.8) is 0 Å². The number of hydrogen-bond acceptors (Lipinski definition) is 4. The second-order valence-corrected chi connectivity index (χ2v) is 8.14. The van der Waals surface area contributed by atoms with Gasteiger partial charge in [-0.15, -0.1) is 0 Å². The Morgan fingerprint density at radius 2 is 2.12 bits per heavy atom. The van der Waals surface area contributed by atoms with E-state index in [0.29, 0.717) is 35.4 Å². The molecule has 4 atom stereocenters. The number of carbonyl (C=O) groups excluding carboxylic acids is 1. The zero-order chi connectivity index (χ0) is 17.1. The van der Waals surface area contributed by atoms with Gasteiger partial charge in [-0.1, -0.05) is 17.7 Å². The lowest BCUT2D eigenvalue weighted by atomic mass is 9.78. The van der Waals surface area contributed by atoms with Crippen LogP contribution >= 0.6 is 23.4 Å². The van der Waals surface area contributed by atoms with Crippen LogP contribution in [0.2, 0.25) is 5.02 Å². The second kappa shape index (κ2) is 7.98. The van der Waals surface area contributed by atoms with Crippen molar-refractivity contribution in [2.75, 3.05) is 25.1 Å². The summed E-state index contributed by atoms with van der Waals surface area (Å²) < 4.78 is 5.98. The highest BCUT2D eigenvalue weighted by Gasteiger charge is 2.43. The smallest absolute Gasteiger partial charge is 0.223 e. The largest absolute Gasteiger partial charge is 0.488 e. The molecule has 24 heavy (non-hydrogen) atoms. The molecular formula is C18H24ClNO3S. The third-order valence-electron chi connectivity index (χ3n) is 5.04. The molecule has 1 N–H and O–H groups in total. The fraction of sp³-hybridized carbons (Fsp3) is 0.611. The topological polar surface area (TPSA) is 49.8 Å². The average Bonchev–Trinajstić information content (AvgIpc) is 2.96. The lowest BCUT2D eigenvalue weighted by Gasteiger charge is -2.35. The van der Waals surface area contributed by atoms with Crippen molar-refractivity contribution in [1.82, 2.24) is 4.90 Å². The van der Waals surface area contributed by atoms with Gasteiger partial charge < -0.3 is 14.7 Å². The minimum absolute atomic E-state index is 0.231. The van der Waals surface area contributed by atoms with E-state index in [9.17, 15) is 9.90 Å². The molecule has 1 aromatic rings. The molecule has 0 radical (unpaired) electrons. The van der Waals surface area contributed by atoms with E-state index in [2.05, 4.69) is 0 Å². The van der Waals surface area contributed by atoms with Crippen LogP contribution in [0, 0.1) is 11.8 Å². The first kappa shape index (κ1) is 17.9. The van der Waals surface area contributed by atoms with Crippen LogP contribution in [-0.2, 0) is 4.79 Å². The van der Waals surface area contributed by atoms with E-state index < -0.39 is 6.10 Å². The Labute approximate surface area is 152 Å². The number of rotatable bonds is 5. The van der Waals surface area contributed by atoms with Crippen molar-refractivity contribution in [1.29, 1.82) is 0 Å². The van der Waals surface area contributed by atoms with Crippen molar-refractivity contribution in [3.8, 4) is 5.75 Å². The maximum atomic E-state index is 12.2. The van der Waals surface area contributed by atoms with E-state index in [0.717, 1.165) is 25.3 Å². The second-order valence-electron chi connectivity index (χ2n) is 6.71. The molecule has 0 aromatic heterocycles. The number of hydrogen-bond donors (Lipinski definition) is 1. The van der Waals surface area contributed by atoms with Gasteiger partial charge in [-0.05, 0) is 49.1 Å². The number of benzene rings is 1. The molecule has 1 aliphatic heterocycles. The third kappa shape index (κ3) is 4.19. The van der Waals surface area contributed by atoms with Gasteiger partial charge in [-0.2, -0.15) is 11.8 Å².